The quantitative estimate of drug-likeness (QED) is 0.222. The molecule has 1 aromatic heterocycles. The summed E-state index contributed by atoms with van der Waals surface area (Å²) in [5.74, 6) is 0.0428. The van der Waals surface area contributed by atoms with E-state index in [2.05, 4.69) is 9.97 Å². The summed E-state index contributed by atoms with van der Waals surface area (Å²) in [6.45, 7) is 3.72. The summed E-state index contributed by atoms with van der Waals surface area (Å²) >= 11 is 7.08. The van der Waals surface area contributed by atoms with Crippen molar-refractivity contribution >= 4 is 35.1 Å². The Balaban J connectivity index is 1.93. The number of rotatable bonds is 7. The Morgan fingerprint density at radius 1 is 1.03 bits per heavy atom. The lowest BCUT2D eigenvalue weighted by Crippen LogP contribution is -2.13. The molecule has 148 valence electrons. The Hall–Kier alpha value is -2.70. The van der Waals surface area contributed by atoms with Crippen molar-refractivity contribution < 1.29 is 14.3 Å². The first-order valence-corrected chi connectivity index (χ1v) is 10.4. The van der Waals surface area contributed by atoms with Crippen molar-refractivity contribution in [1.82, 2.24) is 9.97 Å². The lowest BCUT2D eigenvalue weighted by molar-refractivity contribution is 0.0519. The normalized spacial score (nSPS) is 10.6. The fraction of sp³-hybridized carbons (Fsp3) is 0.182. The molecule has 0 radical (unpaired) electrons. The molecule has 0 saturated carbocycles. The molecule has 1 heterocycles. The number of ether oxygens (including phenoxy) is 1. The molecule has 0 fully saturated rings. The van der Waals surface area contributed by atoms with Gasteiger partial charge in [0.2, 0.25) is 0 Å². The molecular formula is C22H19ClN2O3S. The van der Waals surface area contributed by atoms with E-state index in [-0.39, 0.29) is 18.1 Å². The largest absolute Gasteiger partial charge is 0.462 e. The third kappa shape index (κ3) is 5.22. The van der Waals surface area contributed by atoms with Crippen molar-refractivity contribution in [1.29, 1.82) is 0 Å². The minimum atomic E-state index is -0.494. The Morgan fingerprint density at radius 3 is 2.38 bits per heavy atom. The van der Waals surface area contributed by atoms with Crippen LogP contribution in [0.1, 0.15) is 33.3 Å². The summed E-state index contributed by atoms with van der Waals surface area (Å²) in [4.78, 5) is 34.1. The molecule has 29 heavy (non-hydrogen) atoms. The fourth-order valence-electron chi connectivity index (χ4n) is 2.66. The summed E-state index contributed by atoms with van der Waals surface area (Å²) in [5.41, 5.74) is 2.18. The van der Waals surface area contributed by atoms with Crippen molar-refractivity contribution in [2.24, 2.45) is 0 Å². The summed E-state index contributed by atoms with van der Waals surface area (Å²) in [6.07, 6.45) is 0. The van der Waals surface area contributed by atoms with Gasteiger partial charge in [-0.15, -0.1) is 0 Å². The minimum absolute atomic E-state index is 0.0843. The number of benzene rings is 2. The van der Waals surface area contributed by atoms with E-state index >= 15 is 0 Å². The Kier molecular flexibility index (Phi) is 7.01. The van der Waals surface area contributed by atoms with Crippen LogP contribution < -0.4 is 0 Å². The smallest absolute Gasteiger partial charge is 0.342 e. The molecule has 0 saturated heterocycles. The average molecular weight is 427 g/mol. The van der Waals surface area contributed by atoms with Crippen molar-refractivity contribution in [2.45, 2.75) is 18.9 Å². The molecule has 2 aromatic carbocycles. The third-order valence-corrected chi connectivity index (χ3v) is 5.30. The zero-order chi connectivity index (χ0) is 20.8. The first kappa shape index (κ1) is 21.0. The van der Waals surface area contributed by atoms with Crippen LogP contribution in [0.3, 0.4) is 0 Å². The van der Waals surface area contributed by atoms with Crippen molar-refractivity contribution in [3.63, 3.8) is 0 Å². The summed E-state index contributed by atoms with van der Waals surface area (Å²) in [5, 5.41) is 0.995. The van der Waals surface area contributed by atoms with Crippen LogP contribution in [-0.4, -0.2) is 34.1 Å². The second-order valence-electron chi connectivity index (χ2n) is 6.12. The van der Waals surface area contributed by atoms with Gasteiger partial charge >= 0.3 is 5.97 Å². The SMILES string of the molecule is CCOC(=O)c1c(C)nc(-c2ccccc2)nc1SCC(=O)c1ccc(Cl)cc1. The number of halogens is 1. The van der Waals surface area contributed by atoms with Gasteiger partial charge in [-0.05, 0) is 38.1 Å². The molecule has 7 heteroatoms. The van der Waals surface area contributed by atoms with Gasteiger partial charge in [-0.3, -0.25) is 4.79 Å². The van der Waals surface area contributed by atoms with Crippen LogP contribution in [0.2, 0.25) is 5.02 Å². The highest BCUT2D eigenvalue weighted by molar-refractivity contribution is 8.00. The van der Waals surface area contributed by atoms with Crippen molar-refractivity contribution in [3.05, 3.63) is 76.4 Å². The standard InChI is InChI=1S/C22H19ClN2O3S/c1-3-28-22(27)19-14(2)24-20(16-7-5-4-6-8-16)25-21(19)29-13-18(26)15-9-11-17(23)12-10-15/h4-12H,3,13H2,1-2H3. The van der Waals surface area contributed by atoms with E-state index < -0.39 is 5.97 Å². The van der Waals surface area contributed by atoms with Crippen LogP contribution >= 0.6 is 23.4 Å². The number of nitrogens with zero attached hydrogens (tertiary/aromatic N) is 2. The predicted octanol–water partition coefficient (Wildman–Crippen LogP) is 5.26. The maximum absolute atomic E-state index is 12.6. The fourth-order valence-corrected chi connectivity index (χ4v) is 3.75. The number of hydrogen-bond donors (Lipinski definition) is 0. The van der Waals surface area contributed by atoms with Crippen LogP contribution in [-0.2, 0) is 4.74 Å². The van der Waals surface area contributed by atoms with Gasteiger partial charge in [0.15, 0.2) is 11.6 Å². The topological polar surface area (TPSA) is 69.2 Å². The molecule has 0 amide bonds. The van der Waals surface area contributed by atoms with Gasteiger partial charge in [0.05, 0.1) is 18.1 Å². The van der Waals surface area contributed by atoms with Gasteiger partial charge in [0.1, 0.15) is 10.6 Å². The highest BCUT2D eigenvalue weighted by Crippen LogP contribution is 2.28. The number of Topliss-reactive ketones (excluding diaryl/α,β-unsaturated/α-hetero) is 1. The molecule has 0 aliphatic carbocycles. The number of thioether (sulfide) groups is 1. The molecule has 0 atom stereocenters. The van der Waals surface area contributed by atoms with Crippen LogP contribution in [0.15, 0.2) is 59.6 Å². The number of carbonyl (C=O) groups excluding carboxylic acids is 2. The molecule has 3 rings (SSSR count). The van der Waals surface area contributed by atoms with Gasteiger partial charge < -0.3 is 4.74 Å². The zero-order valence-corrected chi connectivity index (χ0v) is 17.6. The Morgan fingerprint density at radius 2 is 1.72 bits per heavy atom. The number of aromatic nitrogens is 2. The van der Waals surface area contributed by atoms with Crippen LogP contribution in [0, 0.1) is 6.92 Å². The molecule has 0 aliphatic rings. The molecule has 3 aromatic rings. The molecule has 5 nitrogen and oxygen atoms in total. The summed E-state index contributed by atoms with van der Waals surface area (Å²) < 4.78 is 5.17. The average Bonchev–Trinajstić information content (AvgIpc) is 2.73. The van der Waals surface area contributed by atoms with Crippen molar-refractivity contribution in [2.75, 3.05) is 12.4 Å². The number of esters is 1. The summed E-state index contributed by atoms with van der Waals surface area (Å²) in [7, 11) is 0. The maximum atomic E-state index is 12.6. The zero-order valence-electron chi connectivity index (χ0n) is 16.0. The molecule has 0 unspecified atom stereocenters. The number of ketones is 1. The van der Waals surface area contributed by atoms with Crippen LogP contribution in [0.5, 0.6) is 0 Å². The first-order chi connectivity index (χ1) is 14.0. The lowest BCUT2D eigenvalue weighted by Gasteiger charge is -2.12. The number of carbonyl (C=O) groups is 2. The molecule has 0 N–H and O–H groups in total. The van der Waals surface area contributed by atoms with E-state index in [0.29, 0.717) is 32.7 Å². The number of aryl methyl sites for hydroxylation is 1. The van der Waals surface area contributed by atoms with E-state index in [1.165, 1.54) is 11.8 Å². The van der Waals surface area contributed by atoms with Gasteiger partial charge in [-0.25, -0.2) is 14.8 Å². The van der Waals surface area contributed by atoms with Crippen molar-refractivity contribution in [3.8, 4) is 11.4 Å². The van der Waals surface area contributed by atoms with Gasteiger partial charge in [0.25, 0.3) is 0 Å². The van der Waals surface area contributed by atoms with Gasteiger partial charge in [0, 0.05) is 16.1 Å². The monoisotopic (exact) mass is 426 g/mol. The lowest BCUT2D eigenvalue weighted by atomic mass is 10.1. The maximum Gasteiger partial charge on any atom is 0.342 e. The molecule has 0 bridgehead atoms. The second kappa shape index (κ2) is 9.67. The van der Waals surface area contributed by atoms with Crippen LogP contribution in [0.25, 0.3) is 11.4 Å². The highest BCUT2D eigenvalue weighted by atomic mass is 35.5. The molecular weight excluding hydrogens is 408 g/mol. The van der Waals surface area contributed by atoms with E-state index in [1.54, 1.807) is 38.1 Å². The predicted molar refractivity (Wildman–Crippen MR) is 115 cm³/mol. The minimum Gasteiger partial charge on any atom is -0.462 e. The second-order valence-corrected chi connectivity index (χ2v) is 7.52. The Labute approximate surface area is 178 Å². The van der Waals surface area contributed by atoms with Crippen LogP contribution in [0.4, 0.5) is 0 Å². The number of hydrogen-bond acceptors (Lipinski definition) is 6. The highest BCUT2D eigenvalue weighted by Gasteiger charge is 2.22. The molecule has 0 spiro atoms. The molecule has 0 aliphatic heterocycles. The van der Waals surface area contributed by atoms with E-state index in [1.807, 2.05) is 30.3 Å². The summed E-state index contributed by atoms with van der Waals surface area (Å²) in [6, 6.07) is 16.2. The third-order valence-electron chi connectivity index (χ3n) is 4.07. The van der Waals surface area contributed by atoms with E-state index in [9.17, 15) is 9.59 Å². The Bertz CT molecular complexity index is 1020. The first-order valence-electron chi connectivity index (χ1n) is 9.02. The van der Waals surface area contributed by atoms with E-state index in [0.717, 1.165) is 5.56 Å². The van der Waals surface area contributed by atoms with Gasteiger partial charge in [-0.2, -0.15) is 0 Å². The van der Waals surface area contributed by atoms with Gasteiger partial charge in [-0.1, -0.05) is 53.7 Å². The van der Waals surface area contributed by atoms with E-state index in [4.69, 9.17) is 16.3 Å².